The molecule has 0 amide bonds. The van der Waals surface area contributed by atoms with E-state index in [0.29, 0.717) is 22.6 Å². The largest absolute Gasteiger partial charge is 0.416 e. The molecule has 28 heavy (non-hydrogen) atoms. The Labute approximate surface area is 159 Å². The lowest BCUT2D eigenvalue weighted by Gasteiger charge is -2.18. The van der Waals surface area contributed by atoms with Crippen molar-refractivity contribution in [3.63, 3.8) is 0 Å². The van der Waals surface area contributed by atoms with E-state index in [2.05, 4.69) is 15.5 Å². The van der Waals surface area contributed by atoms with Gasteiger partial charge in [-0.15, -0.1) is 0 Å². The molecule has 4 nitrogen and oxygen atoms in total. The summed E-state index contributed by atoms with van der Waals surface area (Å²) < 4.78 is 57.0. The number of alkyl halides is 3. The van der Waals surface area contributed by atoms with E-state index in [-0.39, 0.29) is 23.7 Å². The van der Waals surface area contributed by atoms with E-state index in [1.165, 1.54) is 18.2 Å². The zero-order valence-corrected chi connectivity index (χ0v) is 15.5. The number of rotatable bonds is 5. The molecule has 3 rings (SSSR count). The molecule has 0 spiro atoms. The van der Waals surface area contributed by atoms with Crippen LogP contribution in [0.5, 0.6) is 0 Å². The Kier molecular flexibility index (Phi) is 5.51. The van der Waals surface area contributed by atoms with E-state index in [9.17, 15) is 17.6 Å². The van der Waals surface area contributed by atoms with Crippen molar-refractivity contribution >= 4 is 0 Å². The highest BCUT2D eigenvalue weighted by Crippen LogP contribution is 2.30. The molecule has 0 aliphatic rings. The third-order valence-corrected chi connectivity index (χ3v) is 4.48. The molecule has 0 fully saturated rings. The van der Waals surface area contributed by atoms with Gasteiger partial charge in [0.2, 0.25) is 11.7 Å². The summed E-state index contributed by atoms with van der Waals surface area (Å²) in [6, 6.07) is 9.04. The van der Waals surface area contributed by atoms with Crippen molar-refractivity contribution in [1.82, 2.24) is 15.5 Å². The van der Waals surface area contributed by atoms with Gasteiger partial charge < -0.3 is 4.52 Å². The van der Waals surface area contributed by atoms with Crippen molar-refractivity contribution in [3.8, 4) is 11.4 Å². The number of hydrogen-bond donors (Lipinski definition) is 1. The fraction of sp³-hybridized carbons (Fsp3) is 0.300. The second kappa shape index (κ2) is 7.71. The number of nitrogens with one attached hydrogen (secondary N) is 1. The Balaban J connectivity index is 1.70. The maximum atomic E-state index is 13.7. The summed E-state index contributed by atoms with van der Waals surface area (Å²) in [7, 11) is 0. The van der Waals surface area contributed by atoms with Gasteiger partial charge in [0.1, 0.15) is 5.82 Å². The van der Waals surface area contributed by atoms with Gasteiger partial charge in [0.05, 0.1) is 11.6 Å². The number of nitrogens with zero attached hydrogens (tertiary/aromatic N) is 2. The Morgan fingerprint density at radius 3 is 2.29 bits per heavy atom. The average Bonchev–Trinajstić information content (AvgIpc) is 3.13. The highest BCUT2D eigenvalue weighted by molar-refractivity contribution is 5.55. The summed E-state index contributed by atoms with van der Waals surface area (Å²) in [4.78, 5) is 4.29. The first-order valence-corrected chi connectivity index (χ1v) is 8.68. The van der Waals surface area contributed by atoms with E-state index >= 15 is 0 Å². The summed E-state index contributed by atoms with van der Waals surface area (Å²) in [6.07, 6.45) is -4.36. The van der Waals surface area contributed by atoms with Gasteiger partial charge in [-0.1, -0.05) is 29.4 Å². The first-order chi connectivity index (χ1) is 13.1. The number of aromatic nitrogens is 2. The summed E-state index contributed by atoms with van der Waals surface area (Å²) >= 11 is 0. The van der Waals surface area contributed by atoms with Gasteiger partial charge in [-0.25, -0.2) is 4.39 Å². The van der Waals surface area contributed by atoms with Crippen LogP contribution in [-0.4, -0.2) is 10.1 Å². The van der Waals surface area contributed by atoms with Crippen LogP contribution in [-0.2, 0) is 6.18 Å². The lowest BCUT2D eigenvalue weighted by Crippen LogP contribution is -2.22. The van der Waals surface area contributed by atoms with Crippen molar-refractivity contribution in [2.24, 2.45) is 0 Å². The molecule has 1 heterocycles. The minimum Gasteiger partial charge on any atom is -0.337 e. The van der Waals surface area contributed by atoms with Crippen LogP contribution in [0.15, 0.2) is 47.0 Å². The van der Waals surface area contributed by atoms with Crippen molar-refractivity contribution in [2.75, 3.05) is 0 Å². The molecule has 0 saturated heterocycles. The minimum atomic E-state index is -4.36. The maximum Gasteiger partial charge on any atom is 0.416 e. The van der Waals surface area contributed by atoms with E-state index in [0.717, 1.165) is 12.1 Å². The second-order valence-electron chi connectivity index (χ2n) is 6.65. The zero-order valence-electron chi connectivity index (χ0n) is 15.5. The zero-order chi connectivity index (χ0) is 20.5. The van der Waals surface area contributed by atoms with E-state index in [1.54, 1.807) is 26.0 Å². The molecule has 2 aromatic carbocycles. The molecule has 0 aliphatic heterocycles. The predicted molar refractivity (Wildman–Crippen MR) is 95.8 cm³/mol. The minimum absolute atomic E-state index is 0.246. The number of halogens is 4. The smallest absolute Gasteiger partial charge is 0.337 e. The van der Waals surface area contributed by atoms with Crippen molar-refractivity contribution in [3.05, 3.63) is 70.9 Å². The van der Waals surface area contributed by atoms with Crippen molar-refractivity contribution in [2.45, 2.75) is 39.0 Å². The fourth-order valence-electron chi connectivity index (χ4n) is 2.76. The van der Waals surface area contributed by atoms with Crippen molar-refractivity contribution < 1.29 is 22.1 Å². The summed E-state index contributed by atoms with van der Waals surface area (Å²) in [5.41, 5.74) is 1.03. The van der Waals surface area contributed by atoms with Gasteiger partial charge in [-0.05, 0) is 50.1 Å². The molecule has 0 radical (unpaired) electrons. The Bertz CT molecular complexity index is 951. The molecule has 2 unspecified atom stereocenters. The maximum absolute atomic E-state index is 13.7. The molecule has 1 N–H and O–H groups in total. The van der Waals surface area contributed by atoms with Crippen LogP contribution in [0.4, 0.5) is 17.6 Å². The molecule has 1 aromatic heterocycles. The first kappa shape index (κ1) is 20.0. The normalized spacial score (nSPS) is 14.1. The lowest BCUT2D eigenvalue weighted by atomic mass is 10.1. The number of aryl methyl sites for hydroxylation is 1. The van der Waals surface area contributed by atoms with E-state index in [4.69, 9.17) is 4.52 Å². The molecule has 0 saturated carbocycles. The predicted octanol–water partition coefficient (Wildman–Crippen LogP) is 5.61. The highest BCUT2D eigenvalue weighted by Gasteiger charge is 2.30. The summed E-state index contributed by atoms with van der Waals surface area (Å²) in [5.74, 6) is 0.213. The van der Waals surface area contributed by atoms with Crippen LogP contribution in [0.25, 0.3) is 11.4 Å². The van der Waals surface area contributed by atoms with Gasteiger partial charge in [-0.3, -0.25) is 5.32 Å². The van der Waals surface area contributed by atoms with Gasteiger partial charge >= 0.3 is 6.18 Å². The molecule has 3 aromatic rings. The number of benzene rings is 2. The van der Waals surface area contributed by atoms with Gasteiger partial charge in [0.25, 0.3) is 0 Å². The lowest BCUT2D eigenvalue weighted by molar-refractivity contribution is -0.137. The Hall–Kier alpha value is -2.74. The average molecular weight is 393 g/mol. The van der Waals surface area contributed by atoms with Crippen molar-refractivity contribution in [1.29, 1.82) is 0 Å². The number of hydrogen-bond acceptors (Lipinski definition) is 4. The Morgan fingerprint density at radius 1 is 1.00 bits per heavy atom. The topological polar surface area (TPSA) is 51.0 Å². The fourth-order valence-corrected chi connectivity index (χ4v) is 2.76. The van der Waals surface area contributed by atoms with Crippen LogP contribution < -0.4 is 5.32 Å². The molecular weight excluding hydrogens is 374 g/mol. The van der Waals surface area contributed by atoms with Crippen LogP contribution in [0, 0.1) is 12.7 Å². The van der Waals surface area contributed by atoms with Crippen LogP contribution in [0.2, 0.25) is 0 Å². The van der Waals surface area contributed by atoms with Gasteiger partial charge in [0.15, 0.2) is 0 Å². The molecule has 2 atom stereocenters. The second-order valence-corrected chi connectivity index (χ2v) is 6.65. The van der Waals surface area contributed by atoms with Gasteiger partial charge in [0, 0.05) is 11.6 Å². The van der Waals surface area contributed by atoms with Crippen LogP contribution in [0.3, 0.4) is 0 Å². The molecule has 0 aliphatic carbocycles. The summed E-state index contributed by atoms with van der Waals surface area (Å²) in [5, 5.41) is 7.08. The molecular formula is C20H19F4N3O. The van der Waals surface area contributed by atoms with Crippen LogP contribution >= 0.6 is 0 Å². The quantitative estimate of drug-likeness (QED) is 0.572. The monoisotopic (exact) mass is 393 g/mol. The summed E-state index contributed by atoms with van der Waals surface area (Å²) in [6.45, 7) is 5.29. The standard InChI is InChI=1S/C20H19F4N3O/c1-11-4-5-15(10-17(11)21)18-26-19(28-27-18)13(3)25-12(2)14-6-8-16(9-7-14)20(22,23)24/h4-10,12-13,25H,1-3H3. The SMILES string of the molecule is Cc1ccc(-c2noc(C(C)NC(C)c3ccc(C(F)(F)F)cc3)n2)cc1F. The Morgan fingerprint density at radius 2 is 1.68 bits per heavy atom. The third-order valence-electron chi connectivity index (χ3n) is 4.48. The van der Waals surface area contributed by atoms with E-state index in [1.807, 2.05) is 6.92 Å². The highest BCUT2D eigenvalue weighted by atomic mass is 19.4. The third kappa shape index (κ3) is 4.39. The molecule has 0 bridgehead atoms. The molecule has 148 valence electrons. The van der Waals surface area contributed by atoms with Gasteiger partial charge in [-0.2, -0.15) is 18.2 Å². The van der Waals surface area contributed by atoms with Crippen LogP contribution in [0.1, 0.15) is 48.5 Å². The first-order valence-electron chi connectivity index (χ1n) is 8.68. The van der Waals surface area contributed by atoms with E-state index < -0.39 is 11.7 Å². The molecule has 8 heteroatoms.